The zero-order valence-corrected chi connectivity index (χ0v) is 17.5. The third kappa shape index (κ3) is 4.08. The van der Waals surface area contributed by atoms with Crippen LogP contribution >= 0.6 is 0 Å². The van der Waals surface area contributed by atoms with Gasteiger partial charge in [0.05, 0.1) is 12.2 Å². The van der Waals surface area contributed by atoms with Crippen LogP contribution in [0.3, 0.4) is 0 Å². The molecule has 2 aromatic rings. The number of benzene rings is 1. The van der Waals surface area contributed by atoms with E-state index in [0.717, 1.165) is 23.2 Å². The average Bonchev–Trinajstić information content (AvgIpc) is 2.62. The fourth-order valence-electron chi connectivity index (χ4n) is 3.10. The Morgan fingerprint density at radius 2 is 1.64 bits per heavy atom. The standard InChI is InChI=1S/C23H28N2O3/c1-22(2,3)19-10-16(11-20(24-19)23(4,5)6)12-25-17-9-15(13-26)7-8-18(17)28-14-21(25)27/h7-11,13H,12,14H2,1-6H3. The Morgan fingerprint density at radius 1 is 1.04 bits per heavy atom. The van der Waals surface area contributed by atoms with Crippen LogP contribution in [0.5, 0.6) is 5.75 Å². The van der Waals surface area contributed by atoms with Gasteiger partial charge in [-0.25, -0.2) is 0 Å². The second kappa shape index (κ2) is 7.04. The molecule has 0 saturated heterocycles. The van der Waals surface area contributed by atoms with Gasteiger partial charge in [0, 0.05) is 27.8 Å². The summed E-state index contributed by atoms with van der Waals surface area (Å²) in [5.41, 5.74) is 3.95. The maximum Gasteiger partial charge on any atom is 0.265 e. The summed E-state index contributed by atoms with van der Waals surface area (Å²) in [6.07, 6.45) is 0.777. The number of ether oxygens (including phenoxy) is 1. The first-order valence-corrected chi connectivity index (χ1v) is 9.53. The lowest BCUT2D eigenvalue weighted by Gasteiger charge is -2.31. The molecule has 0 bridgehead atoms. The molecule has 5 nitrogen and oxygen atoms in total. The monoisotopic (exact) mass is 380 g/mol. The van der Waals surface area contributed by atoms with Crippen LogP contribution in [-0.2, 0) is 22.2 Å². The van der Waals surface area contributed by atoms with Gasteiger partial charge in [0.15, 0.2) is 6.61 Å². The van der Waals surface area contributed by atoms with Crippen molar-refractivity contribution in [3.63, 3.8) is 0 Å². The van der Waals surface area contributed by atoms with E-state index in [1.807, 2.05) is 0 Å². The number of aromatic nitrogens is 1. The van der Waals surface area contributed by atoms with Gasteiger partial charge in [0.2, 0.25) is 0 Å². The van der Waals surface area contributed by atoms with Crippen LogP contribution in [0.25, 0.3) is 0 Å². The highest BCUT2D eigenvalue weighted by molar-refractivity contribution is 5.98. The Morgan fingerprint density at radius 3 is 2.18 bits per heavy atom. The molecule has 3 rings (SSSR count). The number of rotatable bonds is 3. The summed E-state index contributed by atoms with van der Waals surface area (Å²) >= 11 is 0. The summed E-state index contributed by atoms with van der Waals surface area (Å²) in [5.74, 6) is 0.494. The van der Waals surface area contributed by atoms with E-state index in [4.69, 9.17) is 9.72 Å². The van der Waals surface area contributed by atoms with Gasteiger partial charge < -0.3 is 9.64 Å². The number of hydrogen-bond acceptors (Lipinski definition) is 4. The van der Waals surface area contributed by atoms with Gasteiger partial charge in [-0.15, -0.1) is 0 Å². The number of aldehydes is 1. The lowest BCUT2D eigenvalue weighted by Crippen LogP contribution is -2.38. The molecule has 2 heterocycles. The molecule has 0 fully saturated rings. The number of carbonyl (C=O) groups is 2. The van der Waals surface area contributed by atoms with Crippen LogP contribution < -0.4 is 9.64 Å². The molecule has 0 atom stereocenters. The Hall–Kier alpha value is -2.69. The highest BCUT2D eigenvalue weighted by atomic mass is 16.5. The quantitative estimate of drug-likeness (QED) is 0.740. The zero-order valence-electron chi connectivity index (χ0n) is 17.5. The number of hydrogen-bond donors (Lipinski definition) is 0. The SMILES string of the molecule is CC(C)(C)c1cc(CN2C(=O)COc3ccc(C=O)cc32)cc(C(C)(C)C)n1. The van der Waals surface area contributed by atoms with Crippen molar-refractivity contribution in [3.8, 4) is 5.75 Å². The Kier molecular flexibility index (Phi) is 5.04. The fraction of sp³-hybridized carbons (Fsp3) is 0.435. The molecule has 0 unspecified atom stereocenters. The van der Waals surface area contributed by atoms with Crippen molar-refractivity contribution in [1.82, 2.24) is 4.98 Å². The predicted octanol–water partition coefficient (Wildman–Crippen LogP) is 4.41. The van der Waals surface area contributed by atoms with Crippen LogP contribution in [0.4, 0.5) is 5.69 Å². The molecule has 0 saturated carbocycles. The minimum absolute atomic E-state index is 0.00320. The van der Waals surface area contributed by atoms with Crippen LogP contribution in [0.2, 0.25) is 0 Å². The lowest BCUT2D eigenvalue weighted by molar-refractivity contribution is -0.121. The first-order valence-electron chi connectivity index (χ1n) is 9.53. The molecular formula is C23H28N2O3. The molecule has 1 aliphatic heterocycles. The summed E-state index contributed by atoms with van der Waals surface area (Å²) in [6.45, 7) is 13.2. The third-order valence-electron chi connectivity index (χ3n) is 4.82. The van der Waals surface area contributed by atoms with Gasteiger partial charge in [-0.05, 0) is 35.9 Å². The van der Waals surface area contributed by atoms with E-state index >= 15 is 0 Å². The van der Waals surface area contributed by atoms with E-state index in [0.29, 0.717) is 23.5 Å². The average molecular weight is 380 g/mol. The van der Waals surface area contributed by atoms with Crippen molar-refractivity contribution in [2.75, 3.05) is 11.5 Å². The normalized spacial score (nSPS) is 14.5. The molecule has 5 heteroatoms. The molecule has 0 radical (unpaired) electrons. The number of amides is 1. The third-order valence-corrected chi connectivity index (χ3v) is 4.82. The van der Waals surface area contributed by atoms with Gasteiger partial charge in [0.1, 0.15) is 12.0 Å². The van der Waals surface area contributed by atoms with Crippen LogP contribution in [0, 0.1) is 0 Å². The molecule has 0 N–H and O–H groups in total. The molecule has 0 spiro atoms. The second-order valence-electron chi connectivity index (χ2n) is 9.36. The van der Waals surface area contributed by atoms with Crippen molar-refractivity contribution in [3.05, 3.63) is 52.8 Å². The first kappa shape index (κ1) is 20.1. The van der Waals surface area contributed by atoms with Gasteiger partial charge in [-0.3, -0.25) is 14.6 Å². The predicted molar refractivity (Wildman–Crippen MR) is 110 cm³/mol. The number of anilines is 1. The number of carbonyl (C=O) groups excluding carboxylic acids is 2. The van der Waals surface area contributed by atoms with Crippen LogP contribution in [0.1, 0.15) is 68.9 Å². The number of fused-ring (bicyclic) bond motifs is 1. The molecule has 148 valence electrons. The van der Waals surface area contributed by atoms with E-state index in [1.54, 1.807) is 23.1 Å². The number of pyridine rings is 1. The lowest BCUT2D eigenvalue weighted by atomic mass is 9.86. The second-order valence-corrected chi connectivity index (χ2v) is 9.36. The summed E-state index contributed by atoms with van der Waals surface area (Å²) in [4.78, 5) is 30.4. The highest BCUT2D eigenvalue weighted by Gasteiger charge is 2.28. The van der Waals surface area contributed by atoms with Crippen molar-refractivity contribution < 1.29 is 14.3 Å². The van der Waals surface area contributed by atoms with Crippen molar-refractivity contribution >= 4 is 17.9 Å². The van der Waals surface area contributed by atoms with E-state index in [2.05, 4.69) is 53.7 Å². The summed E-state index contributed by atoms with van der Waals surface area (Å²) in [5, 5.41) is 0. The van der Waals surface area contributed by atoms with Gasteiger partial charge in [-0.1, -0.05) is 41.5 Å². The zero-order chi connectivity index (χ0) is 20.7. The fourth-order valence-corrected chi connectivity index (χ4v) is 3.10. The molecule has 1 aliphatic rings. The molecule has 0 aliphatic carbocycles. The summed E-state index contributed by atoms with van der Waals surface area (Å²) in [7, 11) is 0. The van der Waals surface area contributed by atoms with E-state index in [-0.39, 0.29) is 23.3 Å². The highest BCUT2D eigenvalue weighted by Crippen LogP contribution is 2.35. The Labute approximate surface area is 166 Å². The smallest absolute Gasteiger partial charge is 0.265 e. The van der Waals surface area contributed by atoms with Gasteiger partial charge in [-0.2, -0.15) is 0 Å². The molecule has 1 amide bonds. The first-order chi connectivity index (χ1) is 13.0. The molecule has 1 aromatic carbocycles. The van der Waals surface area contributed by atoms with E-state index in [9.17, 15) is 9.59 Å². The van der Waals surface area contributed by atoms with Crippen molar-refractivity contribution in [2.24, 2.45) is 0 Å². The minimum atomic E-state index is -0.123. The topological polar surface area (TPSA) is 59.5 Å². The summed E-state index contributed by atoms with van der Waals surface area (Å²) in [6, 6.07) is 9.28. The Bertz CT molecular complexity index is 888. The van der Waals surface area contributed by atoms with Crippen LogP contribution in [0.15, 0.2) is 30.3 Å². The van der Waals surface area contributed by atoms with E-state index in [1.165, 1.54) is 0 Å². The molecular weight excluding hydrogens is 352 g/mol. The molecule has 1 aromatic heterocycles. The molecule has 28 heavy (non-hydrogen) atoms. The largest absolute Gasteiger partial charge is 0.482 e. The number of nitrogens with zero attached hydrogens (tertiary/aromatic N) is 2. The van der Waals surface area contributed by atoms with Gasteiger partial charge in [0.25, 0.3) is 5.91 Å². The summed E-state index contributed by atoms with van der Waals surface area (Å²) < 4.78 is 5.54. The Balaban J connectivity index is 2.06. The maximum absolute atomic E-state index is 12.6. The van der Waals surface area contributed by atoms with Crippen molar-refractivity contribution in [1.29, 1.82) is 0 Å². The van der Waals surface area contributed by atoms with Crippen molar-refractivity contribution in [2.45, 2.75) is 58.9 Å². The maximum atomic E-state index is 12.6. The van der Waals surface area contributed by atoms with E-state index < -0.39 is 0 Å². The van der Waals surface area contributed by atoms with Gasteiger partial charge >= 0.3 is 0 Å². The van der Waals surface area contributed by atoms with Crippen LogP contribution in [-0.4, -0.2) is 23.8 Å². The minimum Gasteiger partial charge on any atom is -0.482 e.